The van der Waals surface area contributed by atoms with Crippen LogP contribution in [0.15, 0.2) is 42.5 Å². The molecule has 3 nitrogen and oxygen atoms in total. The highest BCUT2D eigenvalue weighted by molar-refractivity contribution is 6.00. The van der Waals surface area contributed by atoms with Crippen LogP contribution in [0.3, 0.4) is 0 Å². The van der Waals surface area contributed by atoms with Crippen molar-refractivity contribution < 1.29 is 14.3 Å². The molecule has 0 radical (unpaired) electrons. The number of rotatable bonds is 5. The summed E-state index contributed by atoms with van der Waals surface area (Å²) in [6.07, 6.45) is -0.255. The normalized spacial score (nSPS) is 11.1. The molecule has 3 heteroatoms. The Labute approximate surface area is 106 Å². The van der Waals surface area contributed by atoms with Gasteiger partial charge in [0.2, 0.25) is 0 Å². The molecule has 2 rings (SSSR count). The van der Waals surface area contributed by atoms with E-state index in [4.69, 9.17) is 9.47 Å². The molecule has 0 atom stereocenters. The largest absolute Gasteiger partial charge is 0.355 e. The van der Waals surface area contributed by atoms with Crippen molar-refractivity contribution in [3.05, 3.63) is 48.0 Å². The van der Waals surface area contributed by atoms with Crippen LogP contribution in [-0.2, 0) is 9.47 Å². The van der Waals surface area contributed by atoms with Crippen LogP contribution in [0.25, 0.3) is 10.8 Å². The molecular weight excluding hydrogens is 228 g/mol. The zero-order chi connectivity index (χ0) is 13.0. The first kappa shape index (κ1) is 12.7. The van der Waals surface area contributed by atoms with E-state index in [0.717, 1.165) is 10.8 Å². The Hall–Kier alpha value is -1.71. The molecule has 0 aliphatic rings. The van der Waals surface area contributed by atoms with Gasteiger partial charge in [0.25, 0.3) is 0 Å². The number of benzene rings is 2. The molecule has 0 heterocycles. The zero-order valence-corrected chi connectivity index (χ0v) is 10.6. The average molecular weight is 244 g/mol. The van der Waals surface area contributed by atoms with Crippen molar-refractivity contribution in [3.8, 4) is 0 Å². The minimum Gasteiger partial charge on any atom is -0.355 e. The molecule has 0 saturated carbocycles. The van der Waals surface area contributed by atoms with Gasteiger partial charge in [-0.05, 0) is 16.8 Å². The van der Waals surface area contributed by atoms with Gasteiger partial charge < -0.3 is 9.47 Å². The third-order valence-electron chi connectivity index (χ3n) is 2.95. The summed E-state index contributed by atoms with van der Waals surface area (Å²) < 4.78 is 10.1. The van der Waals surface area contributed by atoms with Crippen LogP contribution in [0.1, 0.15) is 16.8 Å². The van der Waals surface area contributed by atoms with E-state index in [1.807, 2.05) is 42.5 Å². The second-order valence-corrected chi connectivity index (χ2v) is 4.09. The van der Waals surface area contributed by atoms with Crippen LogP contribution in [-0.4, -0.2) is 26.3 Å². The number of methoxy groups -OCH3 is 2. The number of carbonyl (C=O) groups is 1. The molecule has 0 bridgehead atoms. The molecular formula is C15H16O3. The Bertz CT molecular complexity index is 544. The quantitative estimate of drug-likeness (QED) is 0.599. The fourth-order valence-electron chi connectivity index (χ4n) is 1.89. The van der Waals surface area contributed by atoms with E-state index >= 15 is 0 Å². The van der Waals surface area contributed by atoms with Gasteiger partial charge in [-0.15, -0.1) is 0 Å². The maximum absolute atomic E-state index is 12.1. The Morgan fingerprint density at radius 3 is 2.39 bits per heavy atom. The lowest BCUT2D eigenvalue weighted by atomic mass is 10.0. The lowest BCUT2D eigenvalue weighted by Crippen LogP contribution is -2.18. The van der Waals surface area contributed by atoms with Crippen molar-refractivity contribution in [2.75, 3.05) is 14.2 Å². The Morgan fingerprint density at radius 2 is 1.72 bits per heavy atom. The lowest BCUT2D eigenvalue weighted by Gasteiger charge is -2.12. The molecule has 18 heavy (non-hydrogen) atoms. The van der Waals surface area contributed by atoms with E-state index in [-0.39, 0.29) is 12.2 Å². The number of hydrogen-bond acceptors (Lipinski definition) is 3. The van der Waals surface area contributed by atoms with Crippen LogP contribution in [0.4, 0.5) is 0 Å². The predicted molar refractivity (Wildman–Crippen MR) is 70.7 cm³/mol. The highest BCUT2D eigenvalue weighted by Crippen LogP contribution is 2.17. The monoisotopic (exact) mass is 244 g/mol. The molecule has 2 aromatic rings. The van der Waals surface area contributed by atoms with Gasteiger partial charge in [-0.1, -0.05) is 36.4 Å². The maximum Gasteiger partial charge on any atom is 0.167 e. The lowest BCUT2D eigenvalue weighted by molar-refractivity contribution is -0.0993. The van der Waals surface area contributed by atoms with E-state index in [1.165, 1.54) is 14.2 Å². The number of carbonyl (C=O) groups excluding carboxylic acids is 1. The summed E-state index contributed by atoms with van der Waals surface area (Å²) in [5.41, 5.74) is 0.688. The summed E-state index contributed by atoms with van der Waals surface area (Å²) in [6.45, 7) is 0. The fourth-order valence-corrected chi connectivity index (χ4v) is 1.89. The first-order chi connectivity index (χ1) is 8.74. The summed E-state index contributed by atoms with van der Waals surface area (Å²) in [5.74, 6) is 0.0226. The van der Waals surface area contributed by atoms with Gasteiger partial charge in [0.1, 0.15) is 0 Å². The van der Waals surface area contributed by atoms with Crippen LogP contribution in [0.5, 0.6) is 0 Å². The molecule has 0 spiro atoms. The van der Waals surface area contributed by atoms with E-state index in [0.29, 0.717) is 5.56 Å². The molecule has 0 saturated heterocycles. The van der Waals surface area contributed by atoms with Crippen molar-refractivity contribution in [2.45, 2.75) is 12.7 Å². The first-order valence-electron chi connectivity index (χ1n) is 5.82. The van der Waals surface area contributed by atoms with Crippen LogP contribution < -0.4 is 0 Å². The zero-order valence-electron chi connectivity index (χ0n) is 10.6. The second-order valence-electron chi connectivity index (χ2n) is 4.09. The van der Waals surface area contributed by atoms with Crippen molar-refractivity contribution in [3.63, 3.8) is 0 Å². The molecule has 0 unspecified atom stereocenters. The number of Topliss-reactive ketones (excluding diaryl/α,β-unsaturated/α-hetero) is 1. The van der Waals surface area contributed by atoms with Crippen molar-refractivity contribution in [2.24, 2.45) is 0 Å². The summed E-state index contributed by atoms with van der Waals surface area (Å²) in [6, 6.07) is 13.7. The summed E-state index contributed by atoms with van der Waals surface area (Å²) in [5, 5.41) is 2.19. The van der Waals surface area contributed by atoms with Gasteiger partial charge in [-0.25, -0.2) is 0 Å². The molecule has 0 aliphatic heterocycles. The average Bonchev–Trinajstić information content (AvgIpc) is 2.44. The van der Waals surface area contributed by atoms with Crippen molar-refractivity contribution in [1.29, 1.82) is 0 Å². The minimum absolute atomic E-state index is 0.0226. The fraction of sp³-hybridized carbons (Fsp3) is 0.267. The summed E-state index contributed by atoms with van der Waals surface area (Å²) in [4.78, 5) is 12.1. The van der Waals surface area contributed by atoms with Gasteiger partial charge in [-0.3, -0.25) is 4.79 Å². The predicted octanol–water partition coefficient (Wildman–Crippen LogP) is 3.03. The third-order valence-corrected chi connectivity index (χ3v) is 2.95. The number of ketones is 1. The Balaban J connectivity index is 2.22. The second kappa shape index (κ2) is 5.76. The van der Waals surface area contributed by atoms with E-state index in [1.54, 1.807) is 0 Å². The topological polar surface area (TPSA) is 35.5 Å². The molecule has 94 valence electrons. The Kier molecular flexibility index (Phi) is 4.07. The first-order valence-corrected chi connectivity index (χ1v) is 5.82. The van der Waals surface area contributed by atoms with Crippen molar-refractivity contribution in [1.82, 2.24) is 0 Å². The van der Waals surface area contributed by atoms with Gasteiger partial charge in [0.15, 0.2) is 12.1 Å². The number of hydrogen-bond donors (Lipinski definition) is 0. The van der Waals surface area contributed by atoms with Gasteiger partial charge in [0, 0.05) is 19.8 Å². The molecule has 0 aliphatic carbocycles. The van der Waals surface area contributed by atoms with E-state index < -0.39 is 6.29 Å². The van der Waals surface area contributed by atoms with Crippen LogP contribution in [0.2, 0.25) is 0 Å². The molecule has 0 fully saturated rings. The van der Waals surface area contributed by atoms with Crippen molar-refractivity contribution >= 4 is 16.6 Å². The summed E-state index contributed by atoms with van der Waals surface area (Å²) >= 11 is 0. The van der Waals surface area contributed by atoms with Crippen LogP contribution >= 0.6 is 0 Å². The number of fused-ring (bicyclic) bond motifs is 1. The minimum atomic E-state index is -0.482. The van der Waals surface area contributed by atoms with E-state index in [9.17, 15) is 4.79 Å². The SMILES string of the molecule is COC(CC(=O)c1ccc2ccccc2c1)OC. The molecule has 0 amide bonds. The maximum atomic E-state index is 12.1. The molecule has 0 aromatic heterocycles. The van der Waals surface area contributed by atoms with Crippen LogP contribution in [0, 0.1) is 0 Å². The highest BCUT2D eigenvalue weighted by Gasteiger charge is 2.14. The Morgan fingerprint density at radius 1 is 1.06 bits per heavy atom. The van der Waals surface area contributed by atoms with Gasteiger partial charge in [0.05, 0.1) is 6.42 Å². The summed E-state index contributed by atoms with van der Waals surface area (Å²) in [7, 11) is 3.06. The van der Waals surface area contributed by atoms with Gasteiger partial charge in [-0.2, -0.15) is 0 Å². The molecule has 0 N–H and O–H groups in total. The smallest absolute Gasteiger partial charge is 0.167 e. The number of ether oxygens (including phenoxy) is 2. The third kappa shape index (κ3) is 2.75. The van der Waals surface area contributed by atoms with E-state index in [2.05, 4.69) is 0 Å². The molecule has 2 aromatic carbocycles. The standard InChI is InChI=1S/C15H16O3/c1-17-15(18-2)10-14(16)13-8-7-11-5-3-4-6-12(11)9-13/h3-9,15H,10H2,1-2H3. The highest BCUT2D eigenvalue weighted by atomic mass is 16.7. The van der Waals surface area contributed by atoms with Gasteiger partial charge >= 0.3 is 0 Å².